The lowest BCUT2D eigenvalue weighted by Gasteiger charge is -2.24. The summed E-state index contributed by atoms with van der Waals surface area (Å²) < 4.78 is 5.38. The van der Waals surface area contributed by atoms with Crippen molar-refractivity contribution in [3.63, 3.8) is 0 Å². The van der Waals surface area contributed by atoms with Gasteiger partial charge in [-0.05, 0) is 48.5 Å². The molecule has 156 valence electrons. The number of aromatic nitrogens is 2. The molecule has 3 aromatic carbocycles. The van der Waals surface area contributed by atoms with Crippen LogP contribution in [0.5, 0.6) is 5.75 Å². The van der Waals surface area contributed by atoms with Crippen molar-refractivity contribution in [3.05, 3.63) is 109 Å². The van der Waals surface area contributed by atoms with Crippen LogP contribution in [0.15, 0.2) is 109 Å². The van der Waals surface area contributed by atoms with Gasteiger partial charge in [-0.2, -0.15) is 0 Å². The van der Waals surface area contributed by atoms with Crippen molar-refractivity contribution in [2.24, 2.45) is 0 Å². The molecule has 0 fully saturated rings. The molecule has 0 bridgehead atoms. The molecule has 5 aromatic rings. The summed E-state index contributed by atoms with van der Waals surface area (Å²) in [6, 6.07) is 32.8. The highest BCUT2D eigenvalue weighted by Crippen LogP contribution is 2.46. The van der Waals surface area contributed by atoms with Crippen molar-refractivity contribution in [1.29, 1.82) is 0 Å². The summed E-state index contributed by atoms with van der Waals surface area (Å²) in [5, 5.41) is 2.01. The first-order chi connectivity index (χ1) is 15.8. The number of pyridine rings is 1. The highest BCUT2D eigenvalue weighted by Gasteiger charge is 2.22. The third kappa shape index (κ3) is 3.98. The highest BCUT2D eigenvalue weighted by molar-refractivity contribution is 7.19. The Morgan fingerprint density at radius 3 is 1.97 bits per heavy atom. The molecule has 0 saturated heterocycles. The molecule has 2 aromatic heterocycles. The minimum atomic E-state index is 0.826. The molecule has 0 N–H and O–H groups in total. The van der Waals surface area contributed by atoms with E-state index in [0.717, 1.165) is 44.0 Å². The van der Waals surface area contributed by atoms with Crippen LogP contribution in [0.2, 0.25) is 0 Å². The molecule has 0 unspecified atom stereocenters. The zero-order valence-corrected chi connectivity index (χ0v) is 18.4. The molecule has 5 rings (SSSR count). The second kappa shape index (κ2) is 9.04. The van der Waals surface area contributed by atoms with Gasteiger partial charge in [-0.1, -0.05) is 59.9 Å². The van der Waals surface area contributed by atoms with Crippen molar-refractivity contribution in [2.45, 2.75) is 0 Å². The monoisotopic (exact) mass is 435 g/mol. The topological polar surface area (TPSA) is 38.2 Å². The molecule has 0 radical (unpaired) electrons. The van der Waals surface area contributed by atoms with Gasteiger partial charge in [0, 0.05) is 34.9 Å². The Labute approximate surface area is 191 Å². The van der Waals surface area contributed by atoms with Gasteiger partial charge in [-0.3, -0.25) is 4.98 Å². The van der Waals surface area contributed by atoms with Gasteiger partial charge in [-0.15, -0.1) is 0 Å². The third-order valence-electron chi connectivity index (χ3n) is 5.13. The van der Waals surface area contributed by atoms with Crippen molar-refractivity contribution < 1.29 is 4.74 Å². The number of hydrogen-bond donors (Lipinski definition) is 0. The molecule has 0 aliphatic heterocycles. The minimum Gasteiger partial charge on any atom is -0.497 e. The number of hydrogen-bond acceptors (Lipinski definition) is 5. The summed E-state index contributed by atoms with van der Waals surface area (Å²) in [7, 11) is 1.68. The fourth-order valence-electron chi connectivity index (χ4n) is 3.56. The summed E-state index contributed by atoms with van der Waals surface area (Å²) >= 11 is 1.67. The van der Waals surface area contributed by atoms with Crippen LogP contribution >= 0.6 is 11.3 Å². The largest absolute Gasteiger partial charge is 0.497 e. The lowest BCUT2D eigenvalue weighted by molar-refractivity contribution is 0.415. The Hall–Kier alpha value is -3.96. The minimum absolute atomic E-state index is 0.826. The Morgan fingerprint density at radius 1 is 0.688 bits per heavy atom. The normalized spacial score (nSPS) is 10.7. The third-order valence-corrected chi connectivity index (χ3v) is 6.22. The lowest BCUT2D eigenvalue weighted by Crippen LogP contribution is -2.09. The Morgan fingerprint density at radius 2 is 1.31 bits per heavy atom. The summed E-state index contributed by atoms with van der Waals surface area (Å²) in [6.07, 6.45) is 3.61. The van der Waals surface area contributed by atoms with Crippen LogP contribution in [0.4, 0.5) is 16.4 Å². The van der Waals surface area contributed by atoms with E-state index >= 15 is 0 Å². The van der Waals surface area contributed by atoms with E-state index in [9.17, 15) is 0 Å². The number of para-hydroxylation sites is 1. The van der Waals surface area contributed by atoms with Crippen molar-refractivity contribution >= 4 is 27.7 Å². The average Bonchev–Trinajstić information content (AvgIpc) is 3.31. The van der Waals surface area contributed by atoms with Crippen LogP contribution < -0.4 is 9.64 Å². The number of thiazole rings is 1. The van der Waals surface area contributed by atoms with Crippen LogP contribution in [0.3, 0.4) is 0 Å². The quantitative estimate of drug-likeness (QED) is 0.279. The van der Waals surface area contributed by atoms with E-state index in [0.29, 0.717) is 0 Å². The van der Waals surface area contributed by atoms with Gasteiger partial charge in [0.1, 0.15) is 21.5 Å². The number of methoxy groups -OCH3 is 1. The van der Waals surface area contributed by atoms with Crippen LogP contribution in [-0.2, 0) is 0 Å². The first kappa shape index (κ1) is 20.0. The predicted octanol–water partition coefficient (Wildman–Crippen LogP) is 7.35. The van der Waals surface area contributed by atoms with Crippen molar-refractivity contribution in [3.8, 4) is 27.6 Å². The maximum atomic E-state index is 5.38. The van der Waals surface area contributed by atoms with Gasteiger partial charge in [0.25, 0.3) is 0 Å². The second-order valence-corrected chi connectivity index (χ2v) is 8.12. The van der Waals surface area contributed by atoms with Crippen LogP contribution in [0, 0.1) is 0 Å². The summed E-state index contributed by atoms with van der Waals surface area (Å²) in [6.45, 7) is 0. The zero-order valence-electron chi connectivity index (χ0n) is 17.6. The van der Waals surface area contributed by atoms with E-state index in [2.05, 4.69) is 58.4 Å². The predicted molar refractivity (Wildman–Crippen MR) is 132 cm³/mol. The van der Waals surface area contributed by atoms with E-state index in [1.807, 2.05) is 48.5 Å². The van der Waals surface area contributed by atoms with Crippen LogP contribution in [0.25, 0.3) is 21.8 Å². The van der Waals surface area contributed by atoms with Gasteiger partial charge in [-0.25, -0.2) is 4.98 Å². The molecule has 2 heterocycles. The maximum Gasteiger partial charge on any atom is 0.129 e. The number of ether oxygens (including phenoxy) is 1. The van der Waals surface area contributed by atoms with Gasteiger partial charge < -0.3 is 9.64 Å². The number of nitrogens with zero attached hydrogens (tertiary/aromatic N) is 3. The van der Waals surface area contributed by atoms with E-state index < -0.39 is 0 Å². The first-order valence-corrected chi connectivity index (χ1v) is 11.1. The summed E-state index contributed by atoms with van der Waals surface area (Å²) in [5.74, 6) is 0.826. The maximum absolute atomic E-state index is 5.38. The second-order valence-electron chi connectivity index (χ2n) is 7.14. The smallest absolute Gasteiger partial charge is 0.129 e. The molecule has 32 heavy (non-hydrogen) atoms. The van der Waals surface area contributed by atoms with Gasteiger partial charge in [0.2, 0.25) is 0 Å². The van der Waals surface area contributed by atoms with E-state index in [1.54, 1.807) is 30.8 Å². The first-order valence-electron chi connectivity index (χ1n) is 10.3. The SMILES string of the molecule is COc1ccc(N(c2ccccc2)c2sc(-c3ccncc3)nc2-c2ccccc2)cc1. The molecule has 0 aliphatic carbocycles. The molecule has 4 nitrogen and oxygen atoms in total. The number of rotatable bonds is 6. The van der Waals surface area contributed by atoms with Crippen molar-refractivity contribution in [1.82, 2.24) is 9.97 Å². The average molecular weight is 436 g/mol. The molecule has 0 amide bonds. The Balaban J connectivity index is 1.73. The molecule has 0 spiro atoms. The Kier molecular flexibility index (Phi) is 5.64. The lowest BCUT2D eigenvalue weighted by atomic mass is 10.1. The van der Waals surface area contributed by atoms with Crippen LogP contribution in [-0.4, -0.2) is 17.1 Å². The van der Waals surface area contributed by atoms with E-state index in [-0.39, 0.29) is 0 Å². The van der Waals surface area contributed by atoms with Gasteiger partial charge >= 0.3 is 0 Å². The molecule has 5 heteroatoms. The fourth-order valence-corrected chi connectivity index (χ4v) is 4.69. The molecule has 0 atom stereocenters. The van der Waals surface area contributed by atoms with E-state index in [1.165, 1.54) is 0 Å². The number of anilines is 3. The standard InChI is InChI=1S/C27H21N3OS/c1-31-24-14-12-23(13-15-24)30(22-10-6-3-7-11-22)27-25(20-8-4-2-5-9-20)29-26(32-27)21-16-18-28-19-17-21/h2-19H,1H3. The van der Waals surface area contributed by atoms with Crippen LogP contribution in [0.1, 0.15) is 0 Å². The van der Waals surface area contributed by atoms with Gasteiger partial charge in [0.15, 0.2) is 0 Å². The summed E-state index contributed by atoms with van der Waals surface area (Å²) in [4.78, 5) is 11.5. The molecule has 0 saturated carbocycles. The van der Waals surface area contributed by atoms with E-state index in [4.69, 9.17) is 9.72 Å². The molecular weight excluding hydrogens is 414 g/mol. The molecular formula is C27H21N3OS. The van der Waals surface area contributed by atoms with Gasteiger partial charge in [0.05, 0.1) is 7.11 Å². The summed E-state index contributed by atoms with van der Waals surface area (Å²) in [5.41, 5.74) is 5.19. The fraction of sp³-hybridized carbons (Fsp3) is 0.0370. The number of benzene rings is 3. The molecule has 0 aliphatic rings. The van der Waals surface area contributed by atoms with Crippen molar-refractivity contribution in [2.75, 3.05) is 12.0 Å². The Bertz CT molecular complexity index is 1290. The highest BCUT2D eigenvalue weighted by atomic mass is 32.1. The zero-order chi connectivity index (χ0) is 21.8.